The number of hydrogen-bond acceptors (Lipinski definition) is 8. The van der Waals surface area contributed by atoms with E-state index >= 15 is 0 Å². The lowest BCUT2D eigenvalue weighted by Crippen LogP contribution is -2.41. The molecule has 1 fully saturated rings. The quantitative estimate of drug-likeness (QED) is 0.285. The number of benzene rings is 2. The van der Waals surface area contributed by atoms with Gasteiger partial charge in [-0.15, -0.1) is 10.2 Å². The highest BCUT2D eigenvalue weighted by molar-refractivity contribution is 5.93. The third-order valence-electron chi connectivity index (χ3n) is 7.80. The molecule has 11 heteroatoms. The number of pyridine rings is 1. The van der Waals surface area contributed by atoms with Crippen molar-refractivity contribution in [3.05, 3.63) is 102 Å². The Labute approximate surface area is 241 Å². The predicted molar refractivity (Wildman–Crippen MR) is 155 cm³/mol. The van der Waals surface area contributed by atoms with Crippen LogP contribution in [0.4, 0.5) is 0 Å². The smallest absolute Gasteiger partial charge is 0.272 e. The molecule has 4 aromatic heterocycles. The number of piperidine rings is 1. The molecule has 7 rings (SSSR count). The number of aryl methyl sites for hydroxylation is 2. The monoisotopic (exact) mass is 559 g/mol. The fourth-order valence-electron chi connectivity index (χ4n) is 5.68. The van der Waals surface area contributed by atoms with Crippen LogP contribution in [0.1, 0.15) is 46.5 Å². The summed E-state index contributed by atoms with van der Waals surface area (Å²) in [5.74, 6) is 1.25. The molecule has 5 heterocycles. The van der Waals surface area contributed by atoms with Crippen molar-refractivity contribution in [2.45, 2.75) is 32.7 Å². The molecule has 1 saturated heterocycles. The summed E-state index contributed by atoms with van der Waals surface area (Å²) in [5, 5.41) is 12.9. The van der Waals surface area contributed by atoms with Crippen LogP contribution in [0.5, 0.6) is 0 Å². The van der Waals surface area contributed by atoms with E-state index in [1.54, 1.807) is 23.4 Å². The molecular weight excluding hydrogens is 530 g/mol. The summed E-state index contributed by atoms with van der Waals surface area (Å²) in [5.41, 5.74) is 5.49. The highest BCUT2D eigenvalue weighted by Gasteiger charge is 2.32. The molecule has 0 bridgehead atoms. The number of fused-ring (bicyclic) bond motifs is 1. The lowest BCUT2D eigenvalue weighted by atomic mass is 9.85. The fraction of sp³-hybridized carbons (Fsp3) is 0.258. The summed E-state index contributed by atoms with van der Waals surface area (Å²) < 4.78 is 7.99. The van der Waals surface area contributed by atoms with Crippen LogP contribution in [-0.2, 0) is 0 Å². The third-order valence-corrected chi connectivity index (χ3v) is 7.80. The summed E-state index contributed by atoms with van der Waals surface area (Å²) in [6.07, 6.45) is 6.99. The van der Waals surface area contributed by atoms with Gasteiger partial charge in [-0.2, -0.15) is 4.80 Å². The molecule has 2 aromatic carbocycles. The van der Waals surface area contributed by atoms with Crippen LogP contribution in [0.25, 0.3) is 28.2 Å². The summed E-state index contributed by atoms with van der Waals surface area (Å²) in [6.45, 7) is 5.03. The van der Waals surface area contributed by atoms with Crippen LogP contribution < -0.4 is 0 Å². The minimum Gasteiger partial charge on any atom is -0.436 e. The molecule has 0 N–H and O–H groups in total. The number of amides is 1. The molecule has 0 unspecified atom stereocenters. The van der Waals surface area contributed by atoms with E-state index in [1.165, 1.54) is 0 Å². The second-order valence-corrected chi connectivity index (χ2v) is 10.7. The van der Waals surface area contributed by atoms with Crippen LogP contribution in [0.15, 0.2) is 83.8 Å². The van der Waals surface area contributed by atoms with Crippen molar-refractivity contribution in [1.29, 1.82) is 0 Å². The highest BCUT2D eigenvalue weighted by Crippen LogP contribution is 2.34. The maximum absolute atomic E-state index is 13.5. The van der Waals surface area contributed by atoms with Crippen LogP contribution in [0.3, 0.4) is 0 Å². The molecule has 11 nitrogen and oxygen atoms in total. The van der Waals surface area contributed by atoms with E-state index in [-0.39, 0.29) is 17.9 Å². The first-order chi connectivity index (χ1) is 20.5. The second-order valence-electron chi connectivity index (χ2n) is 10.7. The SMILES string of the molecule is Cc1cn(-c2ccc3oc(-c4ccnc(C(=O)N5CCC([C@@H](c6ccccc6)n6nnc(C)n6)CC5)c4)nc3c2)cn1. The zero-order valence-electron chi connectivity index (χ0n) is 23.3. The van der Waals surface area contributed by atoms with Crippen molar-refractivity contribution in [3.8, 4) is 17.1 Å². The zero-order chi connectivity index (χ0) is 28.6. The normalized spacial score (nSPS) is 14.9. The Morgan fingerprint density at radius 3 is 2.57 bits per heavy atom. The number of rotatable bonds is 6. The second kappa shape index (κ2) is 10.7. The van der Waals surface area contributed by atoms with Gasteiger partial charge in [-0.05, 0) is 73.7 Å². The van der Waals surface area contributed by atoms with Gasteiger partial charge in [0.15, 0.2) is 11.4 Å². The minimum absolute atomic E-state index is 0.0384. The van der Waals surface area contributed by atoms with Gasteiger partial charge in [0.25, 0.3) is 5.91 Å². The Bertz CT molecular complexity index is 1870. The van der Waals surface area contributed by atoms with Crippen LogP contribution in [0, 0.1) is 19.8 Å². The number of carbonyl (C=O) groups excluding carboxylic acids is 1. The Morgan fingerprint density at radius 2 is 1.83 bits per heavy atom. The van der Waals surface area contributed by atoms with Crippen LogP contribution in [-0.4, -0.2) is 63.6 Å². The first kappa shape index (κ1) is 25.8. The van der Waals surface area contributed by atoms with E-state index in [2.05, 4.69) is 37.5 Å². The van der Waals surface area contributed by atoms with E-state index in [9.17, 15) is 4.79 Å². The molecule has 6 aromatic rings. The Morgan fingerprint density at radius 1 is 1.00 bits per heavy atom. The van der Waals surface area contributed by atoms with Crippen molar-refractivity contribution in [2.75, 3.05) is 13.1 Å². The summed E-state index contributed by atoms with van der Waals surface area (Å²) in [4.78, 5) is 30.5. The van der Waals surface area contributed by atoms with Gasteiger partial charge in [-0.1, -0.05) is 30.3 Å². The number of imidazole rings is 1. The molecule has 0 spiro atoms. The minimum atomic E-state index is -0.102. The predicted octanol–water partition coefficient (Wildman–Crippen LogP) is 4.82. The van der Waals surface area contributed by atoms with Gasteiger partial charge in [0, 0.05) is 36.7 Å². The molecule has 1 aliphatic rings. The molecule has 0 radical (unpaired) electrons. The first-order valence-electron chi connectivity index (χ1n) is 14.0. The number of likely N-dealkylation sites (tertiary alicyclic amines) is 1. The number of oxazole rings is 1. The van der Waals surface area contributed by atoms with Gasteiger partial charge in [0.2, 0.25) is 5.89 Å². The Kier molecular flexibility index (Phi) is 6.54. The van der Waals surface area contributed by atoms with Crippen molar-refractivity contribution in [1.82, 2.24) is 44.6 Å². The van der Waals surface area contributed by atoms with Crippen molar-refractivity contribution in [3.63, 3.8) is 0 Å². The Hall–Kier alpha value is -5.19. The van der Waals surface area contributed by atoms with Crippen molar-refractivity contribution >= 4 is 17.0 Å². The van der Waals surface area contributed by atoms with Gasteiger partial charge >= 0.3 is 0 Å². The van der Waals surface area contributed by atoms with E-state index in [4.69, 9.17) is 9.40 Å². The number of carbonyl (C=O) groups is 1. The van der Waals surface area contributed by atoms with Gasteiger partial charge in [0.05, 0.1) is 12.0 Å². The molecule has 42 heavy (non-hydrogen) atoms. The molecule has 210 valence electrons. The largest absolute Gasteiger partial charge is 0.436 e. The first-order valence-corrected chi connectivity index (χ1v) is 14.0. The number of nitrogens with zero attached hydrogens (tertiary/aromatic N) is 9. The van der Waals surface area contributed by atoms with E-state index in [0.717, 1.165) is 35.3 Å². The maximum atomic E-state index is 13.5. The van der Waals surface area contributed by atoms with E-state index in [1.807, 2.05) is 72.0 Å². The lowest BCUT2D eigenvalue weighted by Gasteiger charge is -2.35. The van der Waals surface area contributed by atoms with Gasteiger partial charge in [-0.25, -0.2) is 9.97 Å². The van der Waals surface area contributed by atoms with E-state index in [0.29, 0.717) is 41.6 Å². The lowest BCUT2D eigenvalue weighted by molar-refractivity contribution is 0.0658. The van der Waals surface area contributed by atoms with Gasteiger partial charge in [-0.3, -0.25) is 9.78 Å². The molecular formula is C31H29N9O2. The molecule has 1 atom stereocenters. The molecule has 0 saturated carbocycles. The fourth-order valence-corrected chi connectivity index (χ4v) is 5.68. The summed E-state index contributed by atoms with van der Waals surface area (Å²) in [7, 11) is 0. The third kappa shape index (κ3) is 4.93. The van der Waals surface area contributed by atoms with Crippen molar-refractivity contribution in [2.24, 2.45) is 5.92 Å². The molecule has 1 amide bonds. The number of aromatic nitrogens is 8. The molecule has 0 aliphatic carbocycles. The van der Waals surface area contributed by atoms with Crippen LogP contribution in [0.2, 0.25) is 0 Å². The maximum Gasteiger partial charge on any atom is 0.272 e. The highest BCUT2D eigenvalue weighted by atomic mass is 16.3. The molecule has 1 aliphatic heterocycles. The number of hydrogen-bond donors (Lipinski definition) is 0. The average Bonchev–Trinajstić information content (AvgIpc) is 3.77. The van der Waals surface area contributed by atoms with Crippen molar-refractivity contribution < 1.29 is 9.21 Å². The van der Waals surface area contributed by atoms with Crippen LogP contribution >= 0.6 is 0 Å². The standard InChI is InChI=1S/C31H29N9O2/c1-20-18-39(19-33-20)25-8-9-28-26(17-25)34-30(42-28)24-10-13-32-27(16-24)31(41)38-14-11-23(12-15-38)29(22-6-4-3-5-7-22)40-36-21(2)35-37-40/h3-10,13,16-19,23,29H,11-12,14-15H2,1-2H3/t29-/m1/s1. The zero-order valence-corrected chi connectivity index (χ0v) is 23.3. The summed E-state index contributed by atoms with van der Waals surface area (Å²) in [6, 6.07) is 19.6. The topological polar surface area (TPSA) is 121 Å². The van der Waals surface area contributed by atoms with Gasteiger partial charge < -0.3 is 13.9 Å². The van der Waals surface area contributed by atoms with Gasteiger partial charge in [0.1, 0.15) is 17.3 Å². The van der Waals surface area contributed by atoms with E-state index < -0.39 is 0 Å². The average molecular weight is 560 g/mol. The number of tetrazole rings is 1. The Balaban J connectivity index is 1.08. The summed E-state index contributed by atoms with van der Waals surface area (Å²) >= 11 is 0.